The van der Waals surface area contributed by atoms with E-state index in [-0.39, 0.29) is 22.1 Å². The molecule has 0 saturated carbocycles. The predicted octanol–water partition coefficient (Wildman–Crippen LogP) is 11.4. The Morgan fingerprint density at radius 3 is 1.52 bits per heavy atom. The summed E-state index contributed by atoms with van der Waals surface area (Å²) in [6.07, 6.45) is 4.10. The Hall–Kier alpha value is -6.54. The molecular weight excluding hydrogens is 837 g/mol. The number of anilines is 2. The van der Waals surface area contributed by atoms with Gasteiger partial charge in [-0.25, -0.2) is 28.3 Å². The van der Waals surface area contributed by atoms with Crippen molar-refractivity contribution in [3.05, 3.63) is 166 Å². The number of urea groups is 2. The summed E-state index contributed by atoms with van der Waals surface area (Å²) in [5, 5.41) is 9.14. The van der Waals surface area contributed by atoms with Gasteiger partial charge in [0.25, 0.3) is 0 Å². The summed E-state index contributed by atoms with van der Waals surface area (Å²) < 4.78 is 42.8. The molecule has 0 atom stereocenters. The molecule has 0 saturated heterocycles. The molecule has 0 radical (unpaired) electrons. The number of halogens is 4. The monoisotopic (exact) mass is 880 g/mol. The molecule has 0 unspecified atom stereocenters. The Labute approximate surface area is 368 Å². The molecule has 11 nitrogen and oxygen atoms in total. The molecule has 0 aliphatic carbocycles. The maximum Gasteiger partial charge on any atom is 0.322 e. The lowest BCUT2D eigenvalue weighted by atomic mass is 10.1. The highest BCUT2D eigenvalue weighted by molar-refractivity contribution is 6.31. The normalized spacial score (nSPS) is 10.8. The molecule has 15 heteroatoms. The molecule has 0 aliphatic heterocycles. The largest absolute Gasteiger partial charge is 0.481 e. The van der Waals surface area contributed by atoms with Crippen molar-refractivity contribution in [2.75, 3.05) is 45.1 Å². The van der Waals surface area contributed by atoms with Gasteiger partial charge in [0.15, 0.2) is 0 Å². The molecule has 2 N–H and O–H groups in total. The van der Waals surface area contributed by atoms with Gasteiger partial charge in [-0.05, 0) is 82.4 Å². The molecule has 62 heavy (non-hydrogen) atoms. The van der Waals surface area contributed by atoms with E-state index in [4.69, 9.17) is 37.4 Å². The van der Waals surface area contributed by atoms with Crippen LogP contribution in [0.15, 0.2) is 128 Å². The highest BCUT2D eigenvalue weighted by atomic mass is 35.5. The molecule has 5 aromatic carbocycles. The number of rotatable bonds is 14. The van der Waals surface area contributed by atoms with Crippen LogP contribution in [0, 0.1) is 11.6 Å². The van der Waals surface area contributed by atoms with Crippen molar-refractivity contribution < 1.29 is 32.6 Å². The quantitative estimate of drug-likeness (QED) is 0.104. The lowest BCUT2D eigenvalue weighted by Crippen LogP contribution is -2.35. The molecule has 0 bridgehead atoms. The summed E-state index contributed by atoms with van der Waals surface area (Å²) in [5.41, 5.74) is 3.57. The van der Waals surface area contributed by atoms with E-state index in [0.29, 0.717) is 62.3 Å². The number of carbonyl (C=O) groups is 2. The van der Waals surface area contributed by atoms with Crippen LogP contribution < -0.4 is 20.1 Å². The van der Waals surface area contributed by atoms with Gasteiger partial charge in [-0.2, -0.15) is 0 Å². The fourth-order valence-electron chi connectivity index (χ4n) is 6.65. The molecule has 7 aromatic rings. The number of nitrogens with one attached hydrogen (secondary N) is 2. The van der Waals surface area contributed by atoms with Crippen molar-refractivity contribution in [3.8, 4) is 11.8 Å². The van der Waals surface area contributed by atoms with Crippen molar-refractivity contribution in [2.24, 2.45) is 0 Å². The number of aromatic nitrogens is 2. The summed E-state index contributed by atoms with van der Waals surface area (Å²) in [7, 11) is 4.77. The second-order valence-electron chi connectivity index (χ2n) is 13.9. The molecule has 0 spiro atoms. The van der Waals surface area contributed by atoms with Crippen LogP contribution in [-0.4, -0.2) is 66.3 Å². The second-order valence-corrected chi connectivity index (χ2v) is 14.7. The van der Waals surface area contributed by atoms with Gasteiger partial charge in [0, 0.05) is 74.4 Å². The highest BCUT2D eigenvalue weighted by Gasteiger charge is 2.20. The van der Waals surface area contributed by atoms with Crippen molar-refractivity contribution in [3.63, 3.8) is 0 Å². The van der Waals surface area contributed by atoms with Gasteiger partial charge in [-0.1, -0.05) is 89.9 Å². The Kier molecular flexibility index (Phi) is 15.8. The van der Waals surface area contributed by atoms with Crippen molar-refractivity contribution in [1.82, 2.24) is 19.8 Å². The van der Waals surface area contributed by atoms with Crippen LogP contribution in [0.2, 0.25) is 10.0 Å². The van der Waals surface area contributed by atoms with Crippen LogP contribution in [0.5, 0.6) is 11.8 Å². The average molecular weight is 882 g/mol. The predicted molar refractivity (Wildman–Crippen MR) is 240 cm³/mol. The first-order chi connectivity index (χ1) is 30.1. The second kappa shape index (κ2) is 21.8. The van der Waals surface area contributed by atoms with Crippen LogP contribution in [0.3, 0.4) is 0 Å². The third-order valence-corrected chi connectivity index (χ3v) is 10.3. The summed E-state index contributed by atoms with van der Waals surface area (Å²) in [5.74, 6) is -0.0148. The van der Waals surface area contributed by atoms with Gasteiger partial charge in [0.05, 0.1) is 24.3 Å². The van der Waals surface area contributed by atoms with Crippen LogP contribution in [0.4, 0.5) is 29.7 Å². The molecular formula is C47H44Cl2F2N6O5. The number of hydrogen-bond donors (Lipinski definition) is 2. The van der Waals surface area contributed by atoms with Gasteiger partial charge in [-0.15, -0.1) is 0 Å². The van der Waals surface area contributed by atoms with E-state index >= 15 is 0 Å². The van der Waals surface area contributed by atoms with Gasteiger partial charge >= 0.3 is 12.1 Å². The van der Waals surface area contributed by atoms with E-state index in [0.717, 1.165) is 38.2 Å². The lowest BCUT2D eigenvalue weighted by Gasteiger charge is -2.24. The number of fused-ring (bicyclic) bond motifs is 2. The third kappa shape index (κ3) is 11.6. The molecule has 7 rings (SSSR count). The molecule has 0 fully saturated rings. The lowest BCUT2D eigenvalue weighted by molar-refractivity contribution is 0.172. The molecule has 0 aliphatic rings. The standard InChI is InChI=1S/C25H21ClFN3O2.C22H23ClFN3O3/c1-32-24-21-10-6-5-9-20(21)18(14-28-24)16-30(15-17-7-3-2-4-8-17)25(31)29-19-11-12-23(27)22(26)13-19;1-29-11-5-10-27(22(28)26-16-8-9-20(24)19(23)12-16)14-15-13-25-21(30-2)18-7-4-3-6-17(15)18/h2-14H,15-16H2,1H3,(H,29,31);3-4,6-9,12-13H,5,10-11,14H2,1-2H3,(H,26,28). The summed E-state index contributed by atoms with van der Waals surface area (Å²) in [6.45, 7) is 2.01. The number of ether oxygens (including phenoxy) is 3. The van der Waals surface area contributed by atoms with Gasteiger partial charge in [0.1, 0.15) is 11.6 Å². The van der Waals surface area contributed by atoms with Gasteiger partial charge < -0.3 is 34.6 Å². The first-order valence-corrected chi connectivity index (χ1v) is 20.2. The van der Waals surface area contributed by atoms with Crippen molar-refractivity contribution in [2.45, 2.75) is 26.1 Å². The Balaban J connectivity index is 0.000000207. The average Bonchev–Trinajstić information content (AvgIpc) is 3.29. The van der Waals surface area contributed by atoms with Crippen molar-refractivity contribution >= 4 is 68.2 Å². The van der Waals surface area contributed by atoms with Gasteiger partial charge in [-0.3, -0.25) is 0 Å². The van der Waals surface area contributed by atoms with E-state index in [1.54, 1.807) is 43.5 Å². The number of nitrogens with zero attached hydrogens (tertiary/aromatic N) is 4. The first kappa shape index (κ1) is 45.0. The molecule has 2 aromatic heterocycles. The molecule has 2 heterocycles. The SMILES string of the molecule is COCCCN(Cc1cnc(OC)c2ccccc12)C(=O)Nc1ccc(F)c(Cl)c1.COc1ncc(CN(Cc2ccccc2)C(=O)Nc2ccc(F)c(Cl)c2)c2ccccc12. The Bertz CT molecular complexity index is 2640. The zero-order chi connectivity index (χ0) is 44.0. The molecule has 4 amide bonds. The number of carbonyl (C=O) groups excluding carboxylic acids is 2. The fraction of sp³-hybridized carbons (Fsp3) is 0.191. The third-order valence-electron chi connectivity index (χ3n) is 9.70. The fourth-order valence-corrected chi connectivity index (χ4v) is 7.01. The van der Waals surface area contributed by atoms with Crippen LogP contribution in [-0.2, 0) is 24.4 Å². The van der Waals surface area contributed by atoms with E-state index in [1.165, 1.54) is 36.4 Å². The smallest absolute Gasteiger partial charge is 0.322 e. The Morgan fingerprint density at radius 2 is 1.05 bits per heavy atom. The van der Waals surface area contributed by atoms with Crippen LogP contribution in [0.1, 0.15) is 23.1 Å². The zero-order valence-electron chi connectivity index (χ0n) is 34.2. The van der Waals surface area contributed by atoms with E-state index in [2.05, 4.69) is 20.6 Å². The minimum Gasteiger partial charge on any atom is -0.481 e. The Morgan fingerprint density at radius 1 is 0.597 bits per heavy atom. The van der Waals surface area contributed by atoms with E-state index in [9.17, 15) is 18.4 Å². The summed E-state index contributed by atoms with van der Waals surface area (Å²) in [4.78, 5) is 38.3. The highest BCUT2D eigenvalue weighted by Crippen LogP contribution is 2.29. The maximum absolute atomic E-state index is 13.5. The molecule has 320 valence electrons. The minimum atomic E-state index is -0.540. The topological polar surface area (TPSA) is 118 Å². The number of pyridine rings is 2. The van der Waals surface area contributed by atoms with Gasteiger partial charge in [0.2, 0.25) is 11.8 Å². The first-order valence-electron chi connectivity index (χ1n) is 19.4. The zero-order valence-corrected chi connectivity index (χ0v) is 35.7. The number of hydrogen-bond acceptors (Lipinski definition) is 7. The van der Waals surface area contributed by atoms with Crippen molar-refractivity contribution in [1.29, 1.82) is 0 Å². The summed E-state index contributed by atoms with van der Waals surface area (Å²) in [6, 6.07) is 32.7. The van der Waals surface area contributed by atoms with E-state index < -0.39 is 11.6 Å². The summed E-state index contributed by atoms with van der Waals surface area (Å²) >= 11 is 11.7. The maximum atomic E-state index is 13.5. The minimum absolute atomic E-state index is 0.0518. The number of methoxy groups -OCH3 is 3. The van der Waals surface area contributed by atoms with Crippen LogP contribution in [0.25, 0.3) is 21.5 Å². The van der Waals surface area contributed by atoms with E-state index in [1.807, 2.05) is 78.9 Å². The number of benzene rings is 5. The van der Waals surface area contributed by atoms with Crippen LogP contribution >= 0.6 is 23.2 Å². The number of amides is 4.